The lowest BCUT2D eigenvalue weighted by Gasteiger charge is -2.08. The minimum Gasteiger partial charge on any atom is -0.449 e. The molecule has 1 N–H and O–H groups in total. The largest absolute Gasteiger partial charge is 0.449 e. The molecule has 22 heavy (non-hydrogen) atoms. The summed E-state index contributed by atoms with van der Waals surface area (Å²) in [5.74, 6) is -0.0117. The van der Waals surface area contributed by atoms with E-state index in [1.165, 1.54) is 30.3 Å². The van der Waals surface area contributed by atoms with Gasteiger partial charge in [-0.25, -0.2) is 0 Å². The molecule has 0 amide bonds. The Labute approximate surface area is 136 Å². The summed E-state index contributed by atoms with van der Waals surface area (Å²) < 4.78 is 36.0. The zero-order chi connectivity index (χ0) is 15.6. The van der Waals surface area contributed by atoms with Gasteiger partial charge in [-0.05, 0) is 30.3 Å². The maximum absolute atomic E-state index is 10.9. The van der Waals surface area contributed by atoms with E-state index in [2.05, 4.69) is 0 Å². The molecular formula is C12H9Cl2NO6S. The van der Waals surface area contributed by atoms with E-state index in [4.69, 9.17) is 20.9 Å². The molecule has 0 aromatic heterocycles. The fourth-order valence-electron chi connectivity index (χ4n) is 1.54. The summed E-state index contributed by atoms with van der Waals surface area (Å²) in [4.78, 5) is 9.94. The minimum absolute atomic E-state index is 0. The third-order valence-corrected chi connectivity index (χ3v) is 3.65. The third kappa shape index (κ3) is 4.08. The van der Waals surface area contributed by atoms with Gasteiger partial charge in [0.25, 0.3) is 10.1 Å². The number of nitro groups is 1. The van der Waals surface area contributed by atoms with Crippen LogP contribution < -0.4 is 4.74 Å². The molecule has 2 aromatic carbocycles. The van der Waals surface area contributed by atoms with Crippen LogP contribution in [0.15, 0.2) is 47.4 Å². The van der Waals surface area contributed by atoms with Crippen molar-refractivity contribution in [3.05, 3.63) is 57.6 Å². The van der Waals surface area contributed by atoms with Crippen LogP contribution in [-0.4, -0.2) is 17.9 Å². The van der Waals surface area contributed by atoms with E-state index in [0.29, 0.717) is 0 Å². The van der Waals surface area contributed by atoms with Gasteiger partial charge < -0.3 is 4.74 Å². The van der Waals surface area contributed by atoms with Crippen LogP contribution in [0.2, 0.25) is 5.02 Å². The Bertz CT molecular complexity index is 792. The van der Waals surface area contributed by atoms with Crippen molar-refractivity contribution >= 4 is 39.8 Å². The number of para-hydroxylation sites is 1. The van der Waals surface area contributed by atoms with Crippen LogP contribution in [0.25, 0.3) is 0 Å². The second-order valence-electron chi connectivity index (χ2n) is 3.89. The Morgan fingerprint density at radius 3 is 2.23 bits per heavy atom. The summed E-state index contributed by atoms with van der Waals surface area (Å²) in [7, 11) is -4.31. The zero-order valence-corrected chi connectivity index (χ0v) is 13.1. The van der Waals surface area contributed by atoms with E-state index >= 15 is 0 Å². The molecule has 0 bridgehead atoms. The van der Waals surface area contributed by atoms with Crippen molar-refractivity contribution in [2.75, 3.05) is 0 Å². The van der Waals surface area contributed by atoms with Gasteiger partial charge >= 0.3 is 5.69 Å². The van der Waals surface area contributed by atoms with Crippen LogP contribution in [0.3, 0.4) is 0 Å². The highest BCUT2D eigenvalue weighted by Gasteiger charge is 2.19. The summed E-state index contributed by atoms with van der Waals surface area (Å²) in [5.41, 5.74) is -0.318. The van der Waals surface area contributed by atoms with Gasteiger partial charge in [-0.15, -0.1) is 12.4 Å². The molecule has 2 aromatic rings. The van der Waals surface area contributed by atoms with E-state index in [1.54, 1.807) is 0 Å². The second kappa shape index (κ2) is 6.93. The van der Waals surface area contributed by atoms with Crippen molar-refractivity contribution in [3.63, 3.8) is 0 Å². The van der Waals surface area contributed by atoms with Crippen molar-refractivity contribution in [2.45, 2.75) is 4.90 Å². The molecule has 0 radical (unpaired) electrons. The van der Waals surface area contributed by atoms with E-state index < -0.39 is 15.0 Å². The highest BCUT2D eigenvalue weighted by molar-refractivity contribution is 7.85. The Morgan fingerprint density at radius 2 is 1.73 bits per heavy atom. The average molecular weight is 366 g/mol. The zero-order valence-electron chi connectivity index (χ0n) is 10.7. The highest BCUT2D eigenvalue weighted by Crippen LogP contribution is 2.37. The van der Waals surface area contributed by atoms with E-state index in [9.17, 15) is 18.5 Å². The van der Waals surface area contributed by atoms with Crippen molar-refractivity contribution in [3.8, 4) is 11.5 Å². The van der Waals surface area contributed by atoms with Crippen LogP contribution in [0.1, 0.15) is 0 Å². The first-order valence-electron chi connectivity index (χ1n) is 5.47. The number of rotatable bonds is 4. The summed E-state index contributed by atoms with van der Waals surface area (Å²) in [6.45, 7) is 0. The number of hydrogen-bond donors (Lipinski definition) is 1. The highest BCUT2D eigenvalue weighted by atomic mass is 35.5. The predicted octanol–water partition coefficient (Wildman–Crippen LogP) is 3.71. The molecule has 0 saturated carbocycles. The van der Waals surface area contributed by atoms with Crippen molar-refractivity contribution in [2.24, 2.45) is 0 Å². The summed E-state index contributed by atoms with van der Waals surface area (Å²) in [6, 6.07) is 8.77. The van der Waals surface area contributed by atoms with Crippen LogP contribution in [0.4, 0.5) is 5.69 Å². The first-order chi connectivity index (χ1) is 9.79. The lowest BCUT2D eigenvalue weighted by Crippen LogP contribution is -1.98. The molecule has 0 atom stereocenters. The quantitative estimate of drug-likeness (QED) is 0.502. The summed E-state index contributed by atoms with van der Waals surface area (Å²) >= 11 is 5.86. The molecule has 10 heteroatoms. The van der Waals surface area contributed by atoms with Gasteiger partial charge in [0.2, 0.25) is 5.75 Å². The van der Waals surface area contributed by atoms with Gasteiger partial charge in [-0.2, -0.15) is 8.42 Å². The topological polar surface area (TPSA) is 107 Å². The molecule has 118 valence electrons. The Morgan fingerprint density at radius 1 is 1.14 bits per heavy atom. The number of nitrogens with zero attached hydrogens (tertiary/aromatic N) is 1. The SMILES string of the molecule is Cl.O=[N+]([O-])c1cccc(Cl)c1Oc1ccc(S(=O)(=O)O)cc1. The van der Waals surface area contributed by atoms with Crippen LogP contribution in [0.5, 0.6) is 11.5 Å². The molecule has 0 spiro atoms. The van der Waals surface area contributed by atoms with Gasteiger partial charge in [-0.1, -0.05) is 17.7 Å². The van der Waals surface area contributed by atoms with Crippen molar-refractivity contribution < 1.29 is 22.6 Å². The van der Waals surface area contributed by atoms with Crippen LogP contribution in [-0.2, 0) is 10.1 Å². The molecule has 0 heterocycles. The molecule has 7 nitrogen and oxygen atoms in total. The molecule has 0 saturated heterocycles. The summed E-state index contributed by atoms with van der Waals surface area (Å²) in [6.07, 6.45) is 0. The first kappa shape index (κ1) is 18.2. The van der Waals surface area contributed by atoms with Crippen LogP contribution in [0, 0.1) is 10.1 Å². The Balaban J connectivity index is 0.00000242. The van der Waals surface area contributed by atoms with Crippen LogP contribution >= 0.6 is 24.0 Å². The Hall–Kier alpha value is -1.87. The predicted molar refractivity (Wildman–Crippen MR) is 81.7 cm³/mol. The number of hydrogen-bond acceptors (Lipinski definition) is 5. The second-order valence-corrected chi connectivity index (χ2v) is 5.72. The standard InChI is InChI=1S/C12H8ClNO6S.ClH/c13-10-2-1-3-11(14(15)16)12(10)20-8-4-6-9(7-5-8)21(17,18)19;/h1-7H,(H,17,18,19);1H. The fraction of sp³-hybridized carbons (Fsp3) is 0. The monoisotopic (exact) mass is 365 g/mol. The van der Waals surface area contributed by atoms with Gasteiger partial charge in [0.05, 0.1) is 14.8 Å². The lowest BCUT2D eigenvalue weighted by atomic mass is 10.3. The molecule has 0 unspecified atom stereocenters. The summed E-state index contributed by atoms with van der Waals surface area (Å²) in [5, 5.41) is 10.9. The van der Waals surface area contributed by atoms with Crippen molar-refractivity contribution in [1.82, 2.24) is 0 Å². The third-order valence-electron chi connectivity index (χ3n) is 2.48. The van der Waals surface area contributed by atoms with Gasteiger partial charge in [-0.3, -0.25) is 14.7 Å². The maximum atomic E-state index is 10.9. The van der Waals surface area contributed by atoms with E-state index in [0.717, 1.165) is 12.1 Å². The van der Waals surface area contributed by atoms with Gasteiger partial charge in [0.1, 0.15) is 5.75 Å². The molecule has 2 rings (SSSR count). The van der Waals surface area contributed by atoms with Gasteiger partial charge in [0, 0.05) is 6.07 Å². The van der Waals surface area contributed by atoms with Gasteiger partial charge in [0.15, 0.2) is 0 Å². The van der Waals surface area contributed by atoms with E-state index in [-0.39, 0.29) is 39.5 Å². The average Bonchev–Trinajstić information content (AvgIpc) is 2.40. The van der Waals surface area contributed by atoms with E-state index in [1.807, 2.05) is 0 Å². The molecule has 0 fully saturated rings. The first-order valence-corrected chi connectivity index (χ1v) is 7.29. The lowest BCUT2D eigenvalue weighted by molar-refractivity contribution is -0.385. The number of benzene rings is 2. The maximum Gasteiger partial charge on any atom is 0.313 e. The Kier molecular flexibility index (Phi) is 5.72. The molecule has 0 aliphatic heterocycles. The molecular weight excluding hydrogens is 357 g/mol. The number of ether oxygens (including phenoxy) is 1. The number of halogens is 2. The molecule has 0 aliphatic carbocycles. The van der Waals surface area contributed by atoms with Crippen molar-refractivity contribution in [1.29, 1.82) is 0 Å². The number of nitro benzene ring substituents is 1. The molecule has 0 aliphatic rings. The smallest absolute Gasteiger partial charge is 0.313 e. The fourth-order valence-corrected chi connectivity index (χ4v) is 2.23. The normalized spacial score (nSPS) is 10.6. The minimum atomic E-state index is -4.31.